The first-order valence-electron chi connectivity index (χ1n) is 10.2. The maximum atomic E-state index is 13.2. The molecule has 0 fully saturated rings. The number of nitrogens with zero attached hydrogens (tertiary/aromatic N) is 1. The highest BCUT2D eigenvalue weighted by molar-refractivity contribution is 6.32. The van der Waals surface area contributed by atoms with Gasteiger partial charge in [0, 0.05) is 29.2 Å². The third kappa shape index (κ3) is 5.51. The van der Waals surface area contributed by atoms with Crippen LogP contribution in [0.4, 0.5) is 4.39 Å². The number of rotatable bonds is 8. The summed E-state index contributed by atoms with van der Waals surface area (Å²) in [6, 6.07) is 20.8. The second kappa shape index (κ2) is 10.2. The predicted molar refractivity (Wildman–Crippen MR) is 128 cm³/mol. The third-order valence-electron chi connectivity index (χ3n) is 5.06. The zero-order chi connectivity index (χ0) is 23.2. The zero-order valence-corrected chi connectivity index (χ0v) is 18.6. The van der Waals surface area contributed by atoms with E-state index in [1.807, 2.05) is 65.5 Å². The van der Waals surface area contributed by atoms with E-state index in [1.165, 1.54) is 24.3 Å². The van der Waals surface area contributed by atoms with E-state index < -0.39 is 5.82 Å². The van der Waals surface area contributed by atoms with Crippen molar-refractivity contribution in [2.45, 2.75) is 6.61 Å². The lowest BCUT2D eigenvalue weighted by atomic mass is 10.1. The predicted octanol–water partition coefficient (Wildman–Crippen LogP) is 6.75. The van der Waals surface area contributed by atoms with E-state index >= 15 is 0 Å². The molecule has 0 radical (unpaired) electrons. The normalized spacial score (nSPS) is 11.0. The molecule has 4 nitrogen and oxygen atoms in total. The van der Waals surface area contributed by atoms with Crippen LogP contribution in [0.1, 0.15) is 21.5 Å². The Labute approximate surface area is 196 Å². The van der Waals surface area contributed by atoms with E-state index in [2.05, 4.69) is 0 Å². The summed E-state index contributed by atoms with van der Waals surface area (Å²) in [5.74, 6) is 0.485. The quantitative estimate of drug-likeness (QED) is 0.215. The van der Waals surface area contributed by atoms with Crippen LogP contribution in [0.3, 0.4) is 0 Å². The minimum atomic E-state index is -0.430. The molecule has 0 saturated carbocycles. The molecule has 3 aromatic carbocycles. The lowest BCUT2D eigenvalue weighted by Crippen LogP contribution is -2.00. The second-order valence-electron chi connectivity index (χ2n) is 7.27. The number of aromatic nitrogens is 1. The fraction of sp³-hybridized carbons (Fsp3) is 0.0741. The zero-order valence-electron chi connectivity index (χ0n) is 17.9. The van der Waals surface area contributed by atoms with Crippen molar-refractivity contribution in [1.82, 2.24) is 4.57 Å². The molecule has 1 heterocycles. The summed E-state index contributed by atoms with van der Waals surface area (Å²) in [4.78, 5) is 12.6. The first-order valence-corrected chi connectivity index (χ1v) is 10.6. The molecule has 33 heavy (non-hydrogen) atoms. The van der Waals surface area contributed by atoms with Gasteiger partial charge in [0.2, 0.25) is 0 Å². The molecule has 166 valence electrons. The van der Waals surface area contributed by atoms with Gasteiger partial charge in [-0.15, -0.1) is 0 Å². The van der Waals surface area contributed by atoms with Crippen molar-refractivity contribution >= 4 is 23.5 Å². The number of carbonyl (C=O) groups excluding carboxylic acids is 1. The number of hydrogen-bond donors (Lipinski definition) is 0. The summed E-state index contributed by atoms with van der Waals surface area (Å²) >= 11 is 6.04. The van der Waals surface area contributed by atoms with Crippen molar-refractivity contribution in [1.29, 1.82) is 0 Å². The van der Waals surface area contributed by atoms with E-state index in [1.54, 1.807) is 19.3 Å². The molecule has 0 aliphatic rings. The molecule has 4 rings (SSSR count). The van der Waals surface area contributed by atoms with E-state index in [0.29, 0.717) is 17.1 Å². The van der Waals surface area contributed by atoms with E-state index in [-0.39, 0.29) is 17.4 Å². The summed E-state index contributed by atoms with van der Waals surface area (Å²) in [5.41, 5.74) is 3.17. The Morgan fingerprint density at radius 2 is 1.73 bits per heavy atom. The van der Waals surface area contributed by atoms with Crippen LogP contribution in [-0.4, -0.2) is 17.5 Å². The van der Waals surface area contributed by atoms with Crippen molar-refractivity contribution in [2.75, 3.05) is 7.11 Å². The number of halogens is 2. The molecule has 6 heteroatoms. The number of hydrogen-bond acceptors (Lipinski definition) is 3. The number of ether oxygens (including phenoxy) is 2. The Morgan fingerprint density at radius 1 is 1.00 bits per heavy atom. The van der Waals surface area contributed by atoms with Gasteiger partial charge in [0.05, 0.1) is 12.1 Å². The first kappa shape index (κ1) is 22.4. The van der Waals surface area contributed by atoms with Gasteiger partial charge in [-0.25, -0.2) is 4.39 Å². The average molecular weight is 462 g/mol. The van der Waals surface area contributed by atoms with Crippen LogP contribution in [0.2, 0.25) is 5.02 Å². The van der Waals surface area contributed by atoms with Crippen molar-refractivity contribution in [2.24, 2.45) is 0 Å². The lowest BCUT2D eigenvalue weighted by molar-refractivity contribution is 0.104. The Kier molecular flexibility index (Phi) is 6.91. The van der Waals surface area contributed by atoms with Crippen LogP contribution in [0.15, 0.2) is 91.3 Å². The summed E-state index contributed by atoms with van der Waals surface area (Å²) in [5, 5.41) is 0.193. The summed E-state index contributed by atoms with van der Waals surface area (Å²) in [6.07, 6.45) is 7.18. The molecule has 0 unspecified atom stereocenters. The number of methoxy groups -OCH3 is 1. The molecule has 0 aliphatic carbocycles. The Morgan fingerprint density at radius 3 is 2.42 bits per heavy atom. The molecule has 0 spiro atoms. The van der Waals surface area contributed by atoms with E-state index in [4.69, 9.17) is 21.1 Å². The van der Waals surface area contributed by atoms with Crippen molar-refractivity contribution in [3.05, 3.63) is 119 Å². The van der Waals surface area contributed by atoms with Crippen LogP contribution in [0.5, 0.6) is 11.5 Å². The second-order valence-corrected chi connectivity index (χ2v) is 7.68. The molecular weight excluding hydrogens is 441 g/mol. The van der Waals surface area contributed by atoms with Crippen LogP contribution in [0, 0.1) is 5.82 Å². The molecule has 0 aliphatic heterocycles. The highest BCUT2D eigenvalue weighted by Crippen LogP contribution is 2.28. The molecule has 4 aromatic rings. The fourth-order valence-electron chi connectivity index (χ4n) is 3.34. The third-order valence-corrected chi connectivity index (χ3v) is 5.36. The van der Waals surface area contributed by atoms with Crippen LogP contribution >= 0.6 is 11.6 Å². The molecule has 0 saturated heterocycles. The minimum absolute atomic E-state index is 0.0965. The molecular formula is C27H21ClFNO3. The Balaban J connectivity index is 1.46. The molecule has 0 bridgehead atoms. The summed E-state index contributed by atoms with van der Waals surface area (Å²) in [6.45, 7) is 0.172. The van der Waals surface area contributed by atoms with Gasteiger partial charge >= 0.3 is 0 Å². The van der Waals surface area contributed by atoms with Crippen molar-refractivity contribution < 1.29 is 18.7 Å². The Hall–Kier alpha value is -3.83. The molecule has 1 aromatic heterocycles. The highest BCUT2D eigenvalue weighted by Gasteiger charge is 2.09. The number of carbonyl (C=O) groups is 1. The van der Waals surface area contributed by atoms with Crippen molar-refractivity contribution in [3.63, 3.8) is 0 Å². The van der Waals surface area contributed by atoms with Gasteiger partial charge in [-0.1, -0.05) is 23.7 Å². The van der Waals surface area contributed by atoms with Gasteiger partial charge < -0.3 is 14.0 Å². The number of ketones is 1. The molecule has 0 amide bonds. The topological polar surface area (TPSA) is 40.5 Å². The van der Waals surface area contributed by atoms with Crippen molar-refractivity contribution in [3.8, 4) is 17.2 Å². The Bertz CT molecular complexity index is 1280. The van der Waals surface area contributed by atoms with Crippen LogP contribution in [0.25, 0.3) is 11.8 Å². The van der Waals surface area contributed by atoms with E-state index in [0.717, 1.165) is 16.8 Å². The van der Waals surface area contributed by atoms with Crippen LogP contribution < -0.4 is 9.47 Å². The largest absolute Gasteiger partial charge is 0.496 e. The van der Waals surface area contributed by atoms with Gasteiger partial charge in [-0.2, -0.15) is 0 Å². The minimum Gasteiger partial charge on any atom is -0.496 e. The van der Waals surface area contributed by atoms with Gasteiger partial charge in [0.25, 0.3) is 0 Å². The lowest BCUT2D eigenvalue weighted by Gasteiger charge is -2.12. The van der Waals surface area contributed by atoms with Crippen LogP contribution in [-0.2, 0) is 6.61 Å². The highest BCUT2D eigenvalue weighted by atomic mass is 35.5. The maximum Gasteiger partial charge on any atom is 0.185 e. The van der Waals surface area contributed by atoms with Gasteiger partial charge in [0.15, 0.2) is 5.78 Å². The van der Waals surface area contributed by atoms with Gasteiger partial charge in [-0.3, -0.25) is 4.79 Å². The van der Waals surface area contributed by atoms with Gasteiger partial charge in [0.1, 0.15) is 23.9 Å². The summed E-state index contributed by atoms with van der Waals surface area (Å²) < 4.78 is 26.4. The summed E-state index contributed by atoms with van der Waals surface area (Å²) in [7, 11) is 1.57. The fourth-order valence-corrected chi connectivity index (χ4v) is 3.56. The molecule has 0 atom stereocenters. The molecule has 0 N–H and O–H groups in total. The smallest absolute Gasteiger partial charge is 0.185 e. The van der Waals surface area contributed by atoms with E-state index in [9.17, 15) is 9.18 Å². The maximum absolute atomic E-state index is 13.2. The average Bonchev–Trinajstić information content (AvgIpc) is 3.37. The van der Waals surface area contributed by atoms with Gasteiger partial charge in [-0.05, 0) is 78.4 Å². The number of benzene rings is 3. The first-order chi connectivity index (χ1) is 16.0. The monoisotopic (exact) mass is 461 g/mol. The standard InChI is InChI=1S/C27H21ClFNO3/c1-32-26-12-5-19(16-21(26)18-33-27-13-8-22(29)17-24(27)28)4-11-25(31)20-6-9-23(10-7-20)30-14-2-3-15-30/h2-17H,18H2,1H3/b11-4+. The SMILES string of the molecule is COc1ccc(/C=C/C(=O)c2ccc(-n3cccc3)cc2)cc1COc1ccc(F)cc1Cl. The number of allylic oxidation sites excluding steroid dienone is 1.